The number of anilines is 2. The molecule has 13 heteroatoms. The van der Waals surface area contributed by atoms with Crippen LogP contribution in [-0.2, 0) is 32.5 Å². The van der Waals surface area contributed by atoms with Crippen molar-refractivity contribution in [1.82, 2.24) is 4.57 Å². The van der Waals surface area contributed by atoms with Gasteiger partial charge in [-0.1, -0.05) is 49.1 Å². The summed E-state index contributed by atoms with van der Waals surface area (Å²) in [6.45, 7) is 2.96. The Labute approximate surface area is 222 Å². The van der Waals surface area contributed by atoms with Gasteiger partial charge < -0.3 is 10.4 Å². The van der Waals surface area contributed by atoms with Crippen molar-refractivity contribution in [2.24, 2.45) is 5.92 Å². The second-order valence-electron chi connectivity index (χ2n) is 9.45. The van der Waals surface area contributed by atoms with Crippen molar-refractivity contribution in [3.8, 4) is 5.75 Å². The van der Waals surface area contributed by atoms with Crippen molar-refractivity contribution in [3.63, 3.8) is 0 Å². The molecule has 0 bridgehead atoms. The van der Waals surface area contributed by atoms with Crippen molar-refractivity contribution in [1.29, 1.82) is 0 Å². The number of thioether (sulfide) groups is 1. The van der Waals surface area contributed by atoms with E-state index in [0.717, 1.165) is 35.2 Å². The molecule has 2 aliphatic heterocycles. The number of benzene rings is 2. The topological polar surface area (TPSA) is 109 Å². The lowest BCUT2D eigenvalue weighted by Crippen LogP contribution is -2.42. The number of nitrogens with zero attached hydrogens (tertiary/aromatic N) is 2. The Morgan fingerprint density at radius 1 is 1.05 bits per heavy atom. The summed E-state index contributed by atoms with van der Waals surface area (Å²) in [6, 6.07) is 10.2. The maximum atomic E-state index is 13.7. The molecule has 1 saturated heterocycles. The van der Waals surface area contributed by atoms with Crippen LogP contribution in [0.15, 0.2) is 58.4 Å². The molecule has 38 heavy (non-hydrogen) atoms. The van der Waals surface area contributed by atoms with Crippen LogP contribution in [0.3, 0.4) is 0 Å². The van der Waals surface area contributed by atoms with Crippen LogP contribution in [0.4, 0.5) is 24.5 Å². The number of alkyl halides is 3. The highest BCUT2D eigenvalue weighted by Crippen LogP contribution is 2.55. The molecule has 0 spiro atoms. The molecular weight excluding hydrogens is 543 g/mol. The molecule has 0 saturated carbocycles. The predicted molar refractivity (Wildman–Crippen MR) is 135 cm³/mol. The van der Waals surface area contributed by atoms with E-state index >= 15 is 0 Å². The number of amides is 3. The molecule has 3 aromatic rings. The Kier molecular flexibility index (Phi) is 6.18. The average Bonchev–Trinajstić information content (AvgIpc) is 3.29. The molecule has 2 aromatic carbocycles. The first-order valence-electron chi connectivity index (χ1n) is 11.3. The van der Waals surface area contributed by atoms with Gasteiger partial charge in [-0.05, 0) is 36.4 Å². The Morgan fingerprint density at radius 2 is 1.71 bits per heavy atom. The number of aromatic nitrogens is 1. The number of carbonyl (C=O) groups is 3. The third-order valence-electron chi connectivity index (χ3n) is 6.61. The SMILES string of the molecule is CC1(C)c2sc(=O)n(CC(=O)Nc3ccc(O)cc3)c2S[C@@H]2C(=O)N(c3ccccc3C(F)(F)F)C(=O)[C@@H]21. The number of phenolic OH excluding ortho intramolecular Hbond substituents is 1. The molecule has 0 aliphatic carbocycles. The highest BCUT2D eigenvalue weighted by atomic mass is 32.2. The zero-order valence-electron chi connectivity index (χ0n) is 19.9. The summed E-state index contributed by atoms with van der Waals surface area (Å²) >= 11 is 1.76. The lowest BCUT2D eigenvalue weighted by atomic mass is 9.76. The van der Waals surface area contributed by atoms with Crippen molar-refractivity contribution in [2.75, 3.05) is 10.2 Å². The van der Waals surface area contributed by atoms with Gasteiger partial charge in [0, 0.05) is 16.0 Å². The highest BCUT2D eigenvalue weighted by molar-refractivity contribution is 8.00. The molecule has 3 heterocycles. The second kappa shape index (κ2) is 9.02. The molecule has 0 radical (unpaired) electrons. The van der Waals surface area contributed by atoms with Crippen LogP contribution < -0.4 is 15.1 Å². The van der Waals surface area contributed by atoms with Gasteiger partial charge in [0.15, 0.2) is 0 Å². The third kappa shape index (κ3) is 4.19. The lowest BCUT2D eigenvalue weighted by molar-refractivity contribution is -0.137. The van der Waals surface area contributed by atoms with E-state index in [9.17, 15) is 37.5 Å². The van der Waals surface area contributed by atoms with Crippen LogP contribution in [0.2, 0.25) is 0 Å². The molecule has 2 atom stereocenters. The number of rotatable bonds is 4. The summed E-state index contributed by atoms with van der Waals surface area (Å²) < 4.78 is 42.3. The van der Waals surface area contributed by atoms with E-state index in [1.54, 1.807) is 13.8 Å². The number of hydrogen-bond donors (Lipinski definition) is 2. The van der Waals surface area contributed by atoms with Gasteiger partial charge in [0.05, 0.1) is 22.2 Å². The zero-order chi connectivity index (χ0) is 27.6. The van der Waals surface area contributed by atoms with Crippen LogP contribution in [0.5, 0.6) is 5.75 Å². The van der Waals surface area contributed by atoms with Crippen LogP contribution >= 0.6 is 23.1 Å². The van der Waals surface area contributed by atoms with Crippen LogP contribution in [0, 0.1) is 5.92 Å². The van der Waals surface area contributed by atoms with Gasteiger partial charge >= 0.3 is 11.0 Å². The Bertz CT molecular complexity index is 1530. The number of imide groups is 1. The summed E-state index contributed by atoms with van der Waals surface area (Å²) in [5.74, 6) is -3.10. The van der Waals surface area contributed by atoms with Crippen molar-refractivity contribution < 1.29 is 32.7 Å². The number of nitrogens with one attached hydrogen (secondary N) is 1. The minimum atomic E-state index is -4.78. The largest absolute Gasteiger partial charge is 0.508 e. The van der Waals surface area contributed by atoms with Crippen LogP contribution in [-0.4, -0.2) is 32.6 Å². The van der Waals surface area contributed by atoms with E-state index in [-0.39, 0.29) is 12.3 Å². The van der Waals surface area contributed by atoms with Crippen LogP contribution in [0.25, 0.3) is 0 Å². The number of para-hydroxylation sites is 1. The first-order chi connectivity index (χ1) is 17.8. The molecule has 1 aromatic heterocycles. The summed E-state index contributed by atoms with van der Waals surface area (Å²) in [5, 5.41) is 11.3. The van der Waals surface area contributed by atoms with E-state index in [1.807, 2.05) is 0 Å². The lowest BCUT2D eigenvalue weighted by Gasteiger charge is -2.36. The third-order valence-corrected chi connectivity index (χ3v) is 9.43. The van der Waals surface area contributed by atoms with Gasteiger partial charge in [0.2, 0.25) is 17.7 Å². The van der Waals surface area contributed by atoms with E-state index in [0.29, 0.717) is 20.5 Å². The Balaban J connectivity index is 1.49. The smallest absolute Gasteiger partial charge is 0.418 e. The molecule has 0 unspecified atom stereocenters. The van der Waals surface area contributed by atoms with Gasteiger partial charge in [-0.25, -0.2) is 4.90 Å². The first kappa shape index (κ1) is 26.0. The number of hydrogen-bond acceptors (Lipinski definition) is 7. The molecule has 1 fully saturated rings. The molecular formula is C25H20F3N3O5S2. The van der Waals surface area contributed by atoms with Crippen molar-refractivity contribution in [3.05, 3.63) is 68.6 Å². The van der Waals surface area contributed by atoms with Crippen LogP contribution in [0.1, 0.15) is 24.3 Å². The maximum absolute atomic E-state index is 13.7. The standard InChI is InChI=1S/C25H20F3N3O5S2/c1-24(2)17-18(21(35)31(20(17)34)15-6-4-3-5-14(15)25(26,27)28)37-22-19(24)38-23(36)30(22)11-16(33)29-12-7-9-13(32)10-8-12/h3-10,17-18,32H,11H2,1-2H3,(H,29,33)/t17-,18+/m1/s1. The number of halogens is 3. The molecule has 2 aliphatic rings. The summed E-state index contributed by atoms with van der Waals surface area (Å²) in [5.41, 5.74) is -2.30. The van der Waals surface area contributed by atoms with E-state index in [2.05, 4.69) is 5.32 Å². The number of fused-ring (bicyclic) bond motifs is 2. The molecule has 5 rings (SSSR count). The molecule has 8 nitrogen and oxygen atoms in total. The molecule has 2 N–H and O–H groups in total. The van der Waals surface area contributed by atoms with E-state index < -0.39 is 56.6 Å². The first-order valence-corrected chi connectivity index (χ1v) is 13.0. The van der Waals surface area contributed by atoms with E-state index in [4.69, 9.17) is 0 Å². The fourth-order valence-corrected chi connectivity index (χ4v) is 7.84. The average molecular weight is 564 g/mol. The zero-order valence-corrected chi connectivity index (χ0v) is 21.5. The normalized spacial score (nSPS) is 20.3. The Morgan fingerprint density at radius 3 is 2.37 bits per heavy atom. The second-order valence-corrected chi connectivity index (χ2v) is 11.5. The van der Waals surface area contributed by atoms with Gasteiger partial charge in [-0.3, -0.25) is 23.7 Å². The monoisotopic (exact) mass is 563 g/mol. The fourth-order valence-electron chi connectivity index (χ4n) is 4.80. The summed E-state index contributed by atoms with van der Waals surface area (Å²) in [6.07, 6.45) is -4.78. The minimum absolute atomic E-state index is 0.0157. The minimum Gasteiger partial charge on any atom is -0.508 e. The number of thiazole rings is 1. The van der Waals surface area contributed by atoms with Gasteiger partial charge in [-0.15, -0.1) is 0 Å². The van der Waals surface area contributed by atoms with Gasteiger partial charge in [0.25, 0.3) is 0 Å². The van der Waals surface area contributed by atoms with E-state index in [1.165, 1.54) is 41.0 Å². The van der Waals surface area contributed by atoms with Gasteiger partial charge in [-0.2, -0.15) is 13.2 Å². The highest BCUT2D eigenvalue weighted by Gasteiger charge is 2.60. The summed E-state index contributed by atoms with van der Waals surface area (Å²) in [4.78, 5) is 53.2. The van der Waals surface area contributed by atoms with Gasteiger partial charge in [0.1, 0.15) is 17.5 Å². The molecule has 198 valence electrons. The number of carbonyl (C=O) groups excluding carboxylic acids is 3. The number of phenols is 1. The summed E-state index contributed by atoms with van der Waals surface area (Å²) in [7, 11) is 0. The van der Waals surface area contributed by atoms with Crippen molar-refractivity contribution in [2.45, 2.75) is 42.3 Å². The predicted octanol–water partition coefficient (Wildman–Crippen LogP) is 4.21. The van der Waals surface area contributed by atoms with Crippen molar-refractivity contribution >= 4 is 52.2 Å². The molecule has 3 amide bonds. The quantitative estimate of drug-likeness (QED) is 0.364. The fraction of sp³-hybridized carbons (Fsp3) is 0.280. The Hall–Kier alpha value is -3.58. The maximum Gasteiger partial charge on any atom is 0.418 e. The number of aromatic hydroxyl groups is 1.